The van der Waals surface area contributed by atoms with E-state index in [1.165, 1.54) is 0 Å². The van der Waals surface area contributed by atoms with E-state index in [0.29, 0.717) is 19.5 Å². The number of hydrogen-bond acceptors (Lipinski definition) is 3. The van der Waals surface area contributed by atoms with Gasteiger partial charge in [-0.1, -0.05) is 19.1 Å². The van der Waals surface area contributed by atoms with Crippen LogP contribution in [-0.2, 0) is 16.1 Å². The largest absolute Gasteiger partial charge is 0.497 e. The molecule has 1 atom stereocenters. The SMILES string of the molecule is CCNC(=O)C(C)N(Cc1cccc(OC)c1)C(=O)CC. The van der Waals surface area contributed by atoms with E-state index in [1.54, 1.807) is 25.9 Å². The summed E-state index contributed by atoms with van der Waals surface area (Å²) in [6.45, 7) is 6.35. The van der Waals surface area contributed by atoms with Gasteiger partial charge >= 0.3 is 0 Å². The first kappa shape index (κ1) is 17.0. The van der Waals surface area contributed by atoms with Crippen LogP contribution in [0.3, 0.4) is 0 Å². The fourth-order valence-electron chi connectivity index (χ4n) is 2.08. The van der Waals surface area contributed by atoms with Gasteiger partial charge in [-0.3, -0.25) is 9.59 Å². The Bertz CT molecular complexity index is 488. The Balaban J connectivity index is 2.92. The molecule has 0 fully saturated rings. The monoisotopic (exact) mass is 292 g/mol. The molecule has 5 heteroatoms. The first-order valence-corrected chi connectivity index (χ1v) is 7.23. The summed E-state index contributed by atoms with van der Waals surface area (Å²) >= 11 is 0. The molecule has 116 valence electrons. The van der Waals surface area contributed by atoms with Crippen molar-refractivity contribution in [3.05, 3.63) is 29.8 Å². The molecule has 0 heterocycles. The van der Waals surface area contributed by atoms with Crippen molar-refractivity contribution >= 4 is 11.8 Å². The molecule has 0 spiro atoms. The van der Waals surface area contributed by atoms with Crippen LogP contribution in [0, 0.1) is 0 Å². The lowest BCUT2D eigenvalue weighted by Gasteiger charge is -2.28. The molecule has 0 saturated heterocycles. The van der Waals surface area contributed by atoms with Crippen molar-refractivity contribution in [2.45, 2.75) is 39.8 Å². The Morgan fingerprint density at radius 1 is 1.33 bits per heavy atom. The Kier molecular flexibility index (Phi) is 6.72. The van der Waals surface area contributed by atoms with Gasteiger partial charge in [-0.25, -0.2) is 0 Å². The highest BCUT2D eigenvalue weighted by Gasteiger charge is 2.24. The Hall–Kier alpha value is -2.04. The maximum absolute atomic E-state index is 12.1. The maximum Gasteiger partial charge on any atom is 0.242 e. The van der Waals surface area contributed by atoms with E-state index in [1.807, 2.05) is 31.2 Å². The van der Waals surface area contributed by atoms with Crippen molar-refractivity contribution in [1.82, 2.24) is 10.2 Å². The van der Waals surface area contributed by atoms with Crippen molar-refractivity contribution < 1.29 is 14.3 Å². The average molecular weight is 292 g/mol. The summed E-state index contributed by atoms with van der Waals surface area (Å²) in [7, 11) is 1.60. The van der Waals surface area contributed by atoms with Gasteiger partial charge in [0.2, 0.25) is 11.8 Å². The summed E-state index contributed by atoms with van der Waals surface area (Å²) in [5.41, 5.74) is 0.937. The normalized spacial score (nSPS) is 11.6. The van der Waals surface area contributed by atoms with Crippen LogP contribution >= 0.6 is 0 Å². The highest BCUT2D eigenvalue weighted by molar-refractivity contribution is 5.87. The van der Waals surface area contributed by atoms with Crippen molar-refractivity contribution in [2.24, 2.45) is 0 Å². The Morgan fingerprint density at radius 2 is 2.05 bits per heavy atom. The van der Waals surface area contributed by atoms with Crippen LogP contribution in [0.1, 0.15) is 32.8 Å². The third-order valence-electron chi connectivity index (χ3n) is 3.31. The molecule has 1 rings (SSSR count). The van der Waals surface area contributed by atoms with E-state index in [2.05, 4.69) is 5.32 Å². The van der Waals surface area contributed by atoms with Gasteiger partial charge in [-0.05, 0) is 31.5 Å². The molecule has 5 nitrogen and oxygen atoms in total. The Labute approximate surface area is 126 Å². The minimum absolute atomic E-state index is 0.0448. The zero-order chi connectivity index (χ0) is 15.8. The molecule has 0 aliphatic rings. The molecule has 0 radical (unpaired) electrons. The predicted molar refractivity (Wildman–Crippen MR) is 82.0 cm³/mol. The lowest BCUT2D eigenvalue weighted by Crippen LogP contribution is -2.47. The minimum atomic E-state index is -0.497. The van der Waals surface area contributed by atoms with Crippen molar-refractivity contribution in [2.75, 3.05) is 13.7 Å². The molecule has 21 heavy (non-hydrogen) atoms. The fourth-order valence-corrected chi connectivity index (χ4v) is 2.08. The van der Waals surface area contributed by atoms with Crippen molar-refractivity contribution in [1.29, 1.82) is 0 Å². The van der Waals surface area contributed by atoms with Gasteiger partial charge in [0.05, 0.1) is 7.11 Å². The number of hydrogen-bond donors (Lipinski definition) is 1. The van der Waals surface area contributed by atoms with Crippen LogP contribution in [0.4, 0.5) is 0 Å². The van der Waals surface area contributed by atoms with Gasteiger partial charge in [-0.15, -0.1) is 0 Å². The lowest BCUT2D eigenvalue weighted by molar-refractivity contribution is -0.140. The second kappa shape index (κ2) is 8.29. The summed E-state index contributed by atoms with van der Waals surface area (Å²) in [6, 6.07) is 7.02. The summed E-state index contributed by atoms with van der Waals surface area (Å²) in [4.78, 5) is 25.7. The molecule has 2 amide bonds. The van der Waals surface area contributed by atoms with Crippen LogP contribution in [0.2, 0.25) is 0 Å². The molecular formula is C16H24N2O3. The smallest absolute Gasteiger partial charge is 0.242 e. The fraction of sp³-hybridized carbons (Fsp3) is 0.500. The molecule has 1 unspecified atom stereocenters. The molecular weight excluding hydrogens is 268 g/mol. The van der Waals surface area contributed by atoms with Crippen LogP contribution in [-0.4, -0.2) is 36.4 Å². The summed E-state index contributed by atoms with van der Waals surface area (Å²) in [5, 5.41) is 2.76. The number of carbonyl (C=O) groups excluding carboxylic acids is 2. The van der Waals surface area contributed by atoms with E-state index >= 15 is 0 Å². The van der Waals surface area contributed by atoms with Gasteiger partial charge in [0.15, 0.2) is 0 Å². The van der Waals surface area contributed by atoms with Crippen LogP contribution in [0.5, 0.6) is 5.75 Å². The van der Waals surface area contributed by atoms with Gasteiger partial charge in [0.25, 0.3) is 0 Å². The summed E-state index contributed by atoms with van der Waals surface area (Å²) < 4.78 is 5.19. The highest BCUT2D eigenvalue weighted by Crippen LogP contribution is 2.16. The first-order valence-electron chi connectivity index (χ1n) is 7.23. The van der Waals surface area contributed by atoms with Gasteiger partial charge in [0.1, 0.15) is 11.8 Å². The zero-order valence-electron chi connectivity index (χ0n) is 13.2. The van der Waals surface area contributed by atoms with E-state index in [-0.39, 0.29) is 11.8 Å². The molecule has 0 bridgehead atoms. The molecule has 0 saturated carbocycles. The number of rotatable bonds is 7. The van der Waals surface area contributed by atoms with Gasteiger partial charge < -0.3 is 15.0 Å². The maximum atomic E-state index is 12.1. The van der Waals surface area contributed by atoms with Gasteiger partial charge in [-0.2, -0.15) is 0 Å². The van der Waals surface area contributed by atoms with Crippen molar-refractivity contribution in [3.63, 3.8) is 0 Å². The number of likely N-dealkylation sites (N-methyl/N-ethyl adjacent to an activating group) is 1. The number of amides is 2. The second-order valence-electron chi connectivity index (χ2n) is 4.80. The minimum Gasteiger partial charge on any atom is -0.497 e. The van der Waals surface area contributed by atoms with E-state index in [4.69, 9.17) is 4.74 Å². The topological polar surface area (TPSA) is 58.6 Å². The molecule has 0 aliphatic heterocycles. The molecule has 0 aliphatic carbocycles. The van der Waals surface area contributed by atoms with Gasteiger partial charge in [0, 0.05) is 19.5 Å². The second-order valence-corrected chi connectivity index (χ2v) is 4.80. The number of nitrogens with zero attached hydrogens (tertiary/aromatic N) is 1. The standard InChI is InChI=1S/C16H24N2O3/c1-5-15(19)18(12(3)16(20)17-6-2)11-13-8-7-9-14(10-13)21-4/h7-10,12H,5-6,11H2,1-4H3,(H,17,20). The number of nitrogens with one attached hydrogen (secondary N) is 1. The third kappa shape index (κ3) is 4.77. The van der Waals surface area contributed by atoms with E-state index in [9.17, 15) is 9.59 Å². The summed E-state index contributed by atoms with van der Waals surface area (Å²) in [5.74, 6) is 0.556. The third-order valence-corrected chi connectivity index (χ3v) is 3.31. The predicted octanol–water partition coefficient (Wildman–Crippen LogP) is 1.96. The number of carbonyl (C=O) groups is 2. The van der Waals surface area contributed by atoms with E-state index in [0.717, 1.165) is 11.3 Å². The number of benzene rings is 1. The molecule has 1 aromatic carbocycles. The summed E-state index contributed by atoms with van der Waals surface area (Å²) in [6.07, 6.45) is 0.369. The first-order chi connectivity index (χ1) is 10.0. The molecule has 0 aromatic heterocycles. The number of methoxy groups -OCH3 is 1. The Morgan fingerprint density at radius 3 is 2.62 bits per heavy atom. The van der Waals surface area contributed by atoms with Crippen molar-refractivity contribution in [3.8, 4) is 5.75 Å². The number of ether oxygens (including phenoxy) is 1. The van der Waals surface area contributed by atoms with Crippen LogP contribution in [0.25, 0.3) is 0 Å². The average Bonchev–Trinajstić information content (AvgIpc) is 2.51. The lowest BCUT2D eigenvalue weighted by atomic mass is 10.1. The zero-order valence-corrected chi connectivity index (χ0v) is 13.2. The highest BCUT2D eigenvalue weighted by atomic mass is 16.5. The molecule has 1 aromatic rings. The van der Waals surface area contributed by atoms with Crippen LogP contribution < -0.4 is 10.1 Å². The van der Waals surface area contributed by atoms with E-state index < -0.39 is 6.04 Å². The molecule has 1 N–H and O–H groups in total. The van der Waals surface area contributed by atoms with Crippen LogP contribution in [0.15, 0.2) is 24.3 Å². The quantitative estimate of drug-likeness (QED) is 0.835.